The molecule has 7 heteroatoms. The Labute approximate surface area is 125 Å². The summed E-state index contributed by atoms with van der Waals surface area (Å²) in [7, 11) is 0. The van der Waals surface area contributed by atoms with Gasteiger partial charge in [-0.15, -0.1) is 0 Å². The first-order valence-corrected chi connectivity index (χ1v) is 6.21. The number of carbonyl (C=O) groups is 3. The lowest BCUT2D eigenvalue weighted by Gasteiger charge is -2.08. The molecule has 2 rings (SSSR count). The monoisotopic (exact) mass is 300 g/mol. The van der Waals surface area contributed by atoms with E-state index in [1.807, 2.05) is 0 Å². The molecule has 0 fully saturated rings. The normalized spacial score (nSPS) is 9.86. The SMILES string of the molecule is O=C(NO)c1ccc(NC(=O)c2ccccc2C(=O)O)cc1. The van der Waals surface area contributed by atoms with Crippen LogP contribution in [0.2, 0.25) is 0 Å². The Bertz CT molecular complexity index is 725. The van der Waals surface area contributed by atoms with Gasteiger partial charge in [0.2, 0.25) is 0 Å². The van der Waals surface area contributed by atoms with Crippen LogP contribution in [0.1, 0.15) is 31.1 Å². The number of anilines is 1. The van der Waals surface area contributed by atoms with Gasteiger partial charge in [-0.05, 0) is 36.4 Å². The van der Waals surface area contributed by atoms with E-state index in [4.69, 9.17) is 10.3 Å². The van der Waals surface area contributed by atoms with Crippen LogP contribution in [0.15, 0.2) is 48.5 Å². The Hall–Kier alpha value is -3.19. The molecule has 0 aromatic heterocycles. The van der Waals surface area contributed by atoms with Crippen molar-refractivity contribution in [3.05, 3.63) is 65.2 Å². The molecule has 22 heavy (non-hydrogen) atoms. The lowest BCUT2D eigenvalue weighted by atomic mass is 10.1. The molecule has 4 N–H and O–H groups in total. The number of benzene rings is 2. The van der Waals surface area contributed by atoms with Crippen molar-refractivity contribution in [3.8, 4) is 0 Å². The number of carbonyl (C=O) groups excluding carboxylic acids is 2. The molecule has 0 saturated carbocycles. The standard InChI is InChI=1S/C15H12N2O5/c18-13(17-22)9-5-7-10(8-6-9)16-14(19)11-3-1-2-4-12(11)15(20)21/h1-8,22H,(H,16,19)(H,17,18)(H,20,21). The molecule has 0 heterocycles. The van der Waals surface area contributed by atoms with Crippen LogP contribution in [0.3, 0.4) is 0 Å². The van der Waals surface area contributed by atoms with Gasteiger partial charge in [-0.3, -0.25) is 14.8 Å². The van der Waals surface area contributed by atoms with Crippen molar-refractivity contribution in [1.29, 1.82) is 0 Å². The summed E-state index contributed by atoms with van der Waals surface area (Å²) in [5, 5.41) is 20.1. The summed E-state index contributed by atoms with van der Waals surface area (Å²) >= 11 is 0. The Morgan fingerprint density at radius 1 is 0.818 bits per heavy atom. The quantitative estimate of drug-likeness (QED) is 0.507. The molecule has 0 aliphatic heterocycles. The molecule has 0 radical (unpaired) electrons. The first-order valence-electron chi connectivity index (χ1n) is 6.21. The fraction of sp³-hybridized carbons (Fsp3) is 0. The topological polar surface area (TPSA) is 116 Å². The second-order valence-electron chi connectivity index (χ2n) is 4.32. The molecular weight excluding hydrogens is 288 g/mol. The zero-order valence-electron chi connectivity index (χ0n) is 11.2. The fourth-order valence-corrected chi connectivity index (χ4v) is 1.84. The maximum Gasteiger partial charge on any atom is 0.336 e. The number of hydrogen-bond acceptors (Lipinski definition) is 4. The third-order valence-electron chi connectivity index (χ3n) is 2.91. The smallest absolute Gasteiger partial charge is 0.336 e. The number of hydrogen-bond donors (Lipinski definition) is 4. The first kappa shape index (κ1) is 15.2. The van der Waals surface area contributed by atoms with Crippen LogP contribution >= 0.6 is 0 Å². The molecule has 2 aromatic carbocycles. The second-order valence-corrected chi connectivity index (χ2v) is 4.32. The van der Waals surface area contributed by atoms with Gasteiger partial charge in [-0.1, -0.05) is 12.1 Å². The van der Waals surface area contributed by atoms with E-state index in [0.717, 1.165) is 0 Å². The van der Waals surface area contributed by atoms with Gasteiger partial charge in [0, 0.05) is 11.3 Å². The van der Waals surface area contributed by atoms with Gasteiger partial charge < -0.3 is 10.4 Å². The maximum atomic E-state index is 12.1. The van der Waals surface area contributed by atoms with Gasteiger partial charge in [0.15, 0.2) is 0 Å². The Kier molecular flexibility index (Phi) is 4.50. The van der Waals surface area contributed by atoms with Gasteiger partial charge in [0.05, 0.1) is 11.1 Å². The summed E-state index contributed by atoms with van der Waals surface area (Å²) in [6.07, 6.45) is 0. The van der Waals surface area contributed by atoms with Crippen molar-refractivity contribution < 1.29 is 24.7 Å². The summed E-state index contributed by atoms with van der Waals surface area (Å²) in [6, 6.07) is 11.6. The van der Waals surface area contributed by atoms with E-state index in [9.17, 15) is 14.4 Å². The molecule has 0 aliphatic carbocycles. The number of rotatable bonds is 4. The van der Waals surface area contributed by atoms with Crippen LogP contribution < -0.4 is 10.8 Å². The largest absolute Gasteiger partial charge is 0.478 e. The average molecular weight is 300 g/mol. The minimum Gasteiger partial charge on any atom is -0.478 e. The van der Waals surface area contributed by atoms with Crippen molar-refractivity contribution in [2.24, 2.45) is 0 Å². The Morgan fingerprint density at radius 3 is 1.95 bits per heavy atom. The Balaban J connectivity index is 2.19. The van der Waals surface area contributed by atoms with E-state index in [1.165, 1.54) is 47.9 Å². The van der Waals surface area contributed by atoms with Crippen LogP contribution in [0.25, 0.3) is 0 Å². The highest BCUT2D eigenvalue weighted by atomic mass is 16.5. The molecule has 0 bridgehead atoms. The van der Waals surface area contributed by atoms with Gasteiger partial charge in [-0.2, -0.15) is 0 Å². The molecule has 0 atom stereocenters. The number of aromatic carboxylic acids is 1. The van der Waals surface area contributed by atoms with Gasteiger partial charge in [0.25, 0.3) is 11.8 Å². The third-order valence-corrected chi connectivity index (χ3v) is 2.91. The minimum atomic E-state index is -1.19. The predicted molar refractivity (Wildman–Crippen MR) is 77.0 cm³/mol. The van der Waals surface area contributed by atoms with E-state index >= 15 is 0 Å². The fourth-order valence-electron chi connectivity index (χ4n) is 1.84. The van der Waals surface area contributed by atoms with Crippen LogP contribution in [-0.4, -0.2) is 28.1 Å². The second kappa shape index (κ2) is 6.51. The zero-order chi connectivity index (χ0) is 16.1. The highest BCUT2D eigenvalue weighted by Crippen LogP contribution is 2.14. The van der Waals surface area contributed by atoms with Crippen molar-refractivity contribution in [2.75, 3.05) is 5.32 Å². The van der Waals surface area contributed by atoms with E-state index in [1.54, 1.807) is 6.07 Å². The average Bonchev–Trinajstić information content (AvgIpc) is 2.54. The Morgan fingerprint density at radius 2 is 1.41 bits per heavy atom. The number of carboxylic acid groups (broad SMARTS) is 1. The summed E-state index contributed by atoms with van der Waals surface area (Å²) < 4.78 is 0. The summed E-state index contributed by atoms with van der Waals surface area (Å²) in [5.41, 5.74) is 2.03. The number of nitrogens with one attached hydrogen (secondary N) is 2. The lowest BCUT2D eigenvalue weighted by Crippen LogP contribution is -2.19. The zero-order valence-corrected chi connectivity index (χ0v) is 11.2. The van der Waals surface area contributed by atoms with E-state index in [-0.39, 0.29) is 16.7 Å². The third kappa shape index (κ3) is 3.28. The molecule has 0 saturated heterocycles. The van der Waals surface area contributed by atoms with Crippen molar-refractivity contribution >= 4 is 23.5 Å². The minimum absolute atomic E-state index is 0.0344. The summed E-state index contributed by atoms with van der Waals surface area (Å²) in [4.78, 5) is 34.4. The van der Waals surface area contributed by atoms with Gasteiger partial charge in [0.1, 0.15) is 0 Å². The number of carboxylic acids is 1. The first-order chi connectivity index (χ1) is 10.5. The van der Waals surface area contributed by atoms with Gasteiger partial charge in [-0.25, -0.2) is 10.3 Å². The number of amides is 2. The molecule has 2 aromatic rings. The number of hydroxylamine groups is 1. The highest BCUT2D eigenvalue weighted by molar-refractivity contribution is 6.10. The molecule has 0 unspecified atom stereocenters. The predicted octanol–water partition coefficient (Wildman–Crippen LogP) is 1.76. The molecular formula is C15H12N2O5. The van der Waals surface area contributed by atoms with E-state index in [2.05, 4.69) is 5.32 Å². The van der Waals surface area contributed by atoms with Gasteiger partial charge >= 0.3 is 5.97 Å². The molecule has 112 valence electrons. The highest BCUT2D eigenvalue weighted by Gasteiger charge is 2.15. The van der Waals surface area contributed by atoms with E-state index in [0.29, 0.717) is 5.69 Å². The van der Waals surface area contributed by atoms with Crippen molar-refractivity contribution in [2.45, 2.75) is 0 Å². The summed E-state index contributed by atoms with van der Waals surface area (Å²) in [5.74, 6) is -2.44. The van der Waals surface area contributed by atoms with Crippen LogP contribution in [0.5, 0.6) is 0 Å². The molecule has 0 aliphatic rings. The molecule has 7 nitrogen and oxygen atoms in total. The lowest BCUT2D eigenvalue weighted by molar-refractivity contribution is 0.0690. The molecule has 0 spiro atoms. The van der Waals surface area contributed by atoms with Crippen molar-refractivity contribution in [1.82, 2.24) is 5.48 Å². The summed E-state index contributed by atoms with van der Waals surface area (Å²) in [6.45, 7) is 0. The van der Waals surface area contributed by atoms with Crippen LogP contribution in [-0.2, 0) is 0 Å². The van der Waals surface area contributed by atoms with Crippen molar-refractivity contribution in [3.63, 3.8) is 0 Å². The van der Waals surface area contributed by atoms with Crippen LogP contribution in [0, 0.1) is 0 Å². The molecule has 2 amide bonds. The maximum absolute atomic E-state index is 12.1. The van der Waals surface area contributed by atoms with E-state index < -0.39 is 17.8 Å². The van der Waals surface area contributed by atoms with Crippen LogP contribution in [0.4, 0.5) is 5.69 Å².